The molecule has 0 radical (unpaired) electrons. The van der Waals surface area contributed by atoms with Crippen LogP contribution < -0.4 is 9.64 Å². The van der Waals surface area contributed by atoms with Crippen molar-refractivity contribution in [2.75, 3.05) is 58.1 Å². The molecular formula is C41H55N3O7S. The lowest BCUT2D eigenvalue weighted by Gasteiger charge is -2.43. The minimum Gasteiger partial charge on any atom is -0.490 e. The first-order valence-electron chi connectivity index (χ1n) is 18.5. The molecule has 0 spiro atoms. The fourth-order valence-electron chi connectivity index (χ4n) is 7.13. The van der Waals surface area contributed by atoms with E-state index in [0.717, 1.165) is 53.2 Å². The van der Waals surface area contributed by atoms with Crippen LogP contribution in [0, 0.1) is 24.2 Å². The van der Waals surface area contributed by atoms with Crippen molar-refractivity contribution in [3.63, 3.8) is 0 Å². The largest absolute Gasteiger partial charge is 0.490 e. The number of sulfonamides is 1. The fraction of sp³-hybridized carbons (Fsp3) is 0.537. The van der Waals surface area contributed by atoms with Gasteiger partial charge >= 0.3 is 0 Å². The van der Waals surface area contributed by atoms with E-state index in [1.54, 1.807) is 23.5 Å². The molecule has 0 N–H and O–H groups in total. The first-order chi connectivity index (χ1) is 25.1. The number of methoxy groups -OCH3 is 1. The Labute approximate surface area is 310 Å². The average Bonchev–Trinajstić information content (AvgIpc) is 3.14. The minimum absolute atomic E-state index is 0.0256. The Bertz CT molecular complexity index is 1710. The molecule has 0 bridgehead atoms. The highest BCUT2D eigenvalue weighted by atomic mass is 32.2. The molecule has 2 aliphatic heterocycles. The van der Waals surface area contributed by atoms with Gasteiger partial charge in [-0.25, -0.2) is 8.42 Å². The third kappa shape index (κ3) is 10.3. The van der Waals surface area contributed by atoms with E-state index in [-0.39, 0.29) is 35.4 Å². The van der Waals surface area contributed by atoms with Gasteiger partial charge in [-0.2, -0.15) is 9.57 Å². The van der Waals surface area contributed by atoms with Gasteiger partial charge in [0.25, 0.3) is 0 Å². The number of rotatable bonds is 18. The number of hydrogen-bond acceptors (Lipinski definition) is 9. The van der Waals surface area contributed by atoms with Crippen LogP contribution in [0.5, 0.6) is 5.75 Å². The Balaban J connectivity index is 1.42. The summed E-state index contributed by atoms with van der Waals surface area (Å²) in [5.41, 5.74) is 5.12. The predicted octanol–water partition coefficient (Wildman–Crippen LogP) is 6.85. The van der Waals surface area contributed by atoms with Crippen molar-refractivity contribution >= 4 is 15.7 Å². The zero-order chi connectivity index (χ0) is 37.1. The van der Waals surface area contributed by atoms with Gasteiger partial charge in [0.05, 0.1) is 55.2 Å². The molecule has 5 rings (SSSR count). The van der Waals surface area contributed by atoms with Crippen LogP contribution in [-0.2, 0) is 42.2 Å². The Morgan fingerprint density at radius 3 is 2.48 bits per heavy atom. The zero-order valence-electron chi connectivity index (χ0n) is 31.3. The molecule has 3 aromatic rings. The molecule has 2 unspecified atom stereocenters. The number of ether oxygens (including phenoxy) is 5. The SMILES string of the molecule is CCOC(C)COCc1ccc([C@H]2C[C@H](CC(C)C#N)N(S(=O)(=O)c3ccc(C)cc3)C[C@@H]2OCc2ccc3c(c2)N(CCCOC)CCO3)cc1. The first-order valence-corrected chi connectivity index (χ1v) is 19.9. The number of nitrogens with zero attached hydrogens (tertiary/aromatic N) is 3. The topological polar surface area (TPSA) is 111 Å². The third-order valence-corrected chi connectivity index (χ3v) is 11.9. The summed E-state index contributed by atoms with van der Waals surface area (Å²) in [4.78, 5) is 2.57. The van der Waals surface area contributed by atoms with Crippen LogP contribution in [0.25, 0.3) is 0 Å². The van der Waals surface area contributed by atoms with Crippen molar-refractivity contribution in [3.8, 4) is 11.8 Å². The van der Waals surface area contributed by atoms with Crippen LogP contribution in [0.3, 0.4) is 0 Å². The molecule has 282 valence electrons. The van der Waals surface area contributed by atoms with Crippen molar-refractivity contribution in [1.29, 1.82) is 5.26 Å². The van der Waals surface area contributed by atoms with Crippen molar-refractivity contribution in [2.45, 2.75) is 89.2 Å². The molecule has 52 heavy (non-hydrogen) atoms. The lowest BCUT2D eigenvalue weighted by molar-refractivity contribution is -0.0217. The van der Waals surface area contributed by atoms with Crippen LogP contribution in [-0.4, -0.2) is 84.1 Å². The molecule has 1 fully saturated rings. The van der Waals surface area contributed by atoms with Gasteiger partial charge < -0.3 is 28.6 Å². The number of fused-ring (bicyclic) bond motifs is 1. The highest BCUT2D eigenvalue weighted by molar-refractivity contribution is 7.89. The monoisotopic (exact) mass is 733 g/mol. The van der Waals surface area contributed by atoms with Gasteiger partial charge in [0.15, 0.2) is 0 Å². The van der Waals surface area contributed by atoms with Crippen molar-refractivity contribution in [1.82, 2.24) is 4.31 Å². The second-order valence-electron chi connectivity index (χ2n) is 14.0. The summed E-state index contributed by atoms with van der Waals surface area (Å²) in [7, 11) is -2.16. The molecule has 1 saturated heterocycles. The Kier molecular flexibility index (Phi) is 14.5. The summed E-state index contributed by atoms with van der Waals surface area (Å²) < 4.78 is 59.7. The summed E-state index contributed by atoms with van der Waals surface area (Å²) in [6, 6.07) is 23.4. The Morgan fingerprint density at radius 1 is 1.02 bits per heavy atom. The second-order valence-corrected chi connectivity index (χ2v) is 15.9. The molecule has 5 atom stereocenters. The van der Waals surface area contributed by atoms with Gasteiger partial charge in [-0.05, 0) is 87.9 Å². The summed E-state index contributed by atoms with van der Waals surface area (Å²) in [6.45, 7) is 12.9. The fourth-order valence-corrected chi connectivity index (χ4v) is 8.79. The smallest absolute Gasteiger partial charge is 0.243 e. The number of nitriles is 1. The van der Waals surface area contributed by atoms with Gasteiger partial charge in [0.1, 0.15) is 12.4 Å². The van der Waals surface area contributed by atoms with Gasteiger partial charge in [0.2, 0.25) is 10.0 Å². The summed E-state index contributed by atoms with van der Waals surface area (Å²) in [5.74, 6) is 0.436. The molecule has 0 saturated carbocycles. The van der Waals surface area contributed by atoms with Crippen molar-refractivity contribution in [2.24, 2.45) is 5.92 Å². The second kappa shape index (κ2) is 19.0. The van der Waals surface area contributed by atoms with E-state index in [2.05, 4.69) is 41.3 Å². The predicted molar refractivity (Wildman–Crippen MR) is 202 cm³/mol. The quantitative estimate of drug-likeness (QED) is 0.130. The maximum atomic E-state index is 14.3. The zero-order valence-corrected chi connectivity index (χ0v) is 32.1. The van der Waals surface area contributed by atoms with E-state index >= 15 is 0 Å². The molecule has 0 amide bonds. The van der Waals surface area contributed by atoms with Gasteiger partial charge in [-0.15, -0.1) is 0 Å². The summed E-state index contributed by atoms with van der Waals surface area (Å²) in [5, 5.41) is 9.80. The molecular weight excluding hydrogens is 679 g/mol. The number of hydrogen-bond donors (Lipinski definition) is 0. The maximum Gasteiger partial charge on any atom is 0.243 e. The van der Waals surface area contributed by atoms with Crippen LogP contribution in [0.4, 0.5) is 5.69 Å². The van der Waals surface area contributed by atoms with Gasteiger partial charge in [-0.1, -0.05) is 48.0 Å². The van der Waals surface area contributed by atoms with Gasteiger partial charge in [0, 0.05) is 51.3 Å². The number of anilines is 1. The standard InChI is InChI=1S/C41H55N3O7S/c1-6-49-32(4)27-48-28-33-10-13-35(14-11-33)38-24-36(22-31(3)25-42)44(52(45,46)37-15-8-30(2)9-16-37)26-41(38)51-29-34-12-17-40-39(23-34)43(19-21-50-40)18-7-20-47-5/h8-17,23,31-32,36,38,41H,6-7,18-22,24,26-29H2,1-5H3/t31?,32?,36-,38+,41-/m0/s1. The minimum atomic E-state index is -3.88. The van der Waals surface area contributed by atoms with E-state index in [0.29, 0.717) is 52.5 Å². The molecule has 2 heterocycles. The van der Waals surface area contributed by atoms with E-state index in [9.17, 15) is 13.7 Å². The van der Waals surface area contributed by atoms with Crippen molar-refractivity contribution < 1.29 is 32.1 Å². The van der Waals surface area contributed by atoms with E-state index < -0.39 is 16.1 Å². The summed E-state index contributed by atoms with van der Waals surface area (Å²) in [6.07, 6.45) is 1.45. The van der Waals surface area contributed by atoms with Crippen LogP contribution in [0.15, 0.2) is 71.6 Å². The highest BCUT2D eigenvalue weighted by Gasteiger charge is 2.43. The Morgan fingerprint density at radius 2 is 1.77 bits per heavy atom. The van der Waals surface area contributed by atoms with Crippen molar-refractivity contribution in [3.05, 3.63) is 89.0 Å². The lowest BCUT2D eigenvalue weighted by Crippen LogP contribution is -2.52. The number of piperidine rings is 1. The van der Waals surface area contributed by atoms with Crippen LogP contribution >= 0.6 is 0 Å². The van der Waals surface area contributed by atoms with Gasteiger partial charge in [-0.3, -0.25) is 0 Å². The first kappa shape index (κ1) is 39.7. The van der Waals surface area contributed by atoms with E-state index in [4.69, 9.17) is 23.7 Å². The van der Waals surface area contributed by atoms with Crippen LogP contribution in [0.2, 0.25) is 0 Å². The lowest BCUT2D eigenvalue weighted by atomic mass is 9.81. The molecule has 0 aromatic heterocycles. The molecule has 10 nitrogen and oxygen atoms in total. The highest BCUT2D eigenvalue weighted by Crippen LogP contribution is 2.40. The summed E-state index contributed by atoms with van der Waals surface area (Å²) >= 11 is 0. The average molecular weight is 734 g/mol. The normalized spacial score (nSPS) is 20.5. The van der Waals surface area contributed by atoms with Crippen LogP contribution in [0.1, 0.15) is 68.2 Å². The van der Waals surface area contributed by atoms with E-state index in [1.165, 1.54) is 0 Å². The molecule has 3 aromatic carbocycles. The third-order valence-electron chi connectivity index (χ3n) is 9.92. The molecule has 2 aliphatic rings. The molecule has 0 aliphatic carbocycles. The maximum absolute atomic E-state index is 14.3. The molecule has 11 heteroatoms. The number of aryl methyl sites for hydroxylation is 1. The van der Waals surface area contributed by atoms with E-state index in [1.807, 2.05) is 52.0 Å². The Hall–Kier alpha value is -3.50. The number of benzene rings is 3.